The van der Waals surface area contributed by atoms with Gasteiger partial charge < -0.3 is 5.32 Å². The standard InChI is InChI=1S/C5H12N2O2S/c1-2-10(8,9)7-5-3-6-4-5/h5-7H,2-4H2,1H3. The van der Waals surface area contributed by atoms with Gasteiger partial charge in [0.1, 0.15) is 0 Å². The summed E-state index contributed by atoms with van der Waals surface area (Å²) in [5, 5.41) is 2.98. The van der Waals surface area contributed by atoms with Crippen LogP contribution in [0.15, 0.2) is 0 Å². The zero-order valence-electron chi connectivity index (χ0n) is 5.92. The zero-order valence-corrected chi connectivity index (χ0v) is 6.74. The average Bonchev–Trinajstić information content (AvgIpc) is 1.80. The predicted molar refractivity (Wildman–Crippen MR) is 39.3 cm³/mol. The molecule has 1 saturated heterocycles. The van der Waals surface area contributed by atoms with E-state index in [9.17, 15) is 8.42 Å². The lowest BCUT2D eigenvalue weighted by molar-refractivity contribution is 0.410. The molecule has 0 atom stereocenters. The number of hydrogen-bond donors (Lipinski definition) is 2. The Kier molecular flexibility index (Phi) is 2.28. The Morgan fingerprint density at radius 2 is 2.20 bits per heavy atom. The summed E-state index contributed by atoms with van der Waals surface area (Å²) in [6.45, 7) is 3.16. The first-order valence-electron chi connectivity index (χ1n) is 3.35. The molecule has 4 nitrogen and oxygen atoms in total. The van der Waals surface area contributed by atoms with E-state index >= 15 is 0 Å². The van der Waals surface area contributed by atoms with Gasteiger partial charge >= 0.3 is 0 Å². The third-order valence-electron chi connectivity index (χ3n) is 1.51. The highest BCUT2D eigenvalue weighted by Crippen LogP contribution is 1.93. The monoisotopic (exact) mass is 164 g/mol. The van der Waals surface area contributed by atoms with Crippen LogP contribution in [0, 0.1) is 0 Å². The van der Waals surface area contributed by atoms with Crippen molar-refractivity contribution in [3.8, 4) is 0 Å². The lowest BCUT2D eigenvalue weighted by Crippen LogP contribution is -2.57. The fourth-order valence-corrected chi connectivity index (χ4v) is 1.55. The average molecular weight is 164 g/mol. The molecule has 2 N–H and O–H groups in total. The van der Waals surface area contributed by atoms with Crippen LogP contribution in [0.4, 0.5) is 0 Å². The minimum atomic E-state index is -2.97. The highest BCUT2D eigenvalue weighted by atomic mass is 32.2. The van der Waals surface area contributed by atoms with Crippen LogP contribution >= 0.6 is 0 Å². The summed E-state index contributed by atoms with van der Waals surface area (Å²) < 4.78 is 24.3. The lowest BCUT2D eigenvalue weighted by atomic mass is 10.2. The van der Waals surface area contributed by atoms with E-state index in [1.165, 1.54) is 0 Å². The third-order valence-corrected chi connectivity index (χ3v) is 2.96. The first-order chi connectivity index (χ1) is 4.64. The van der Waals surface area contributed by atoms with E-state index in [0.717, 1.165) is 13.1 Å². The van der Waals surface area contributed by atoms with Gasteiger partial charge in [0.2, 0.25) is 10.0 Å². The molecule has 0 unspecified atom stereocenters. The molecule has 10 heavy (non-hydrogen) atoms. The van der Waals surface area contributed by atoms with Gasteiger partial charge in [-0.25, -0.2) is 13.1 Å². The van der Waals surface area contributed by atoms with Crippen LogP contribution in [0.25, 0.3) is 0 Å². The predicted octanol–water partition coefficient (Wildman–Crippen LogP) is -1.10. The molecule has 0 aromatic carbocycles. The summed E-state index contributed by atoms with van der Waals surface area (Å²) in [5.74, 6) is 0.170. The van der Waals surface area contributed by atoms with E-state index in [2.05, 4.69) is 10.0 Å². The summed E-state index contributed by atoms with van der Waals surface area (Å²) >= 11 is 0. The van der Waals surface area contributed by atoms with Gasteiger partial charge in [0.25, 0.3) is 0 Å². The van der Waals surface area contributed by atoms with Crippen LogP contribution < -0.4 is 10.0 Å². The molecule has 1 aliphatic rings. The van der Waals surface area contributed by atoms with Crippen LogP contribution in [-0.2, 0) is 10.0 Å². The second-order valence-corrected chi connectivity index (χ2v) is 4.42. The summed E-state index contributed by atoms with van der Waals surface area (Å²) in [6, 6.07) is 0.130. The van der Waals surface area contributed by atoms with E-state index in [1.54, 1.807) is 6.92 Å². The molecule has 0 spiro atoms. The molecule has 0 aliphatic carbocycles. The molecule has 1 fully saturated rings. The maximum atomic E-state index is 10.9. The van der Waals surface area contributed by atoms with E-state index < -0.39 is 10.0 Å². The molecule has 1 heterocycles. The Morgan fingerprint density at radius 3 is 2.50 bits per heavy atom. The first-order valence-corrected chi connectivity index (χ1v) is 5.00. The Hall–Kier alpha value is -0.130. The molecule has 0 aromatic heterocycles. The second kappa shape index (κ2) is 2.86. The summed E-state index contributed by atoms with van der Waals surface area (Å²) in [5.41, 5.74) is 0. The van der Waals surface area contributed by atoms with Gasteiger partial charge in [-0.05, 0) is 6.92 Å². The van der Waals surface area contributed by atoms with Gasteiger partial charge in [-0.3, -0.25) is 0 Å². The Bertz CT molecular complexity index is 196. The van der Waals surface area contributed by atoms with Crippen LogP contribution in [0.3, 0.4) is 0 Å². The van der Waals surface area contributed by atoms with Gasteiger partial charge in [0.15, 0.2) is 0 Å². The molecule has 5 heteroatoms. The van der Waals surface area contributed by atoms with Crippen LogP contribution in [0.5, 0.6) is 0 Å². The van der Waals surface area contributed by atoms with Crippen molar-refractivity contribution in [1.82, 2.24) is 10.0 Å². The van der Waals surface area contributed by atoms with E-state index in [4.69, 9.17) is 0 Å². The SMILES string of the molecule is CCS(=O)(=O)NC1CNC1. The molecule has 0 radical (unpaired) electrons. The van der Waals surface area contributed by atoms with Gasteiger partial charge in [0, 0.05) is 19.1 Å². The molecule has 0 amide bonds. The maximum Gasteiger partial charge on any atom is 0.211 e. The van der Waals surface area contributed by atoms with Gasteiger partial charge in [-0.1, -0.05) is 0 Å². The van der Waals surface area contributed by atoms with Crippen LogP contribution in [-0.4, -0.2) is 33.3 Å². The molecular weight excluding hydrogens is 152 g/mol. The van der Waals surface area contributed by atoms with Crippen LogP contribution in [0.2, 0.25) is 0 Å². The minimum Gasteiger partial charge on any atom is -0.313 e. The molecule has 0 aromatic rings. The number of sulfonamides is 1. The second-order valence-electron chi connectivity index (χ2n) is 2.38. The number of rotatable bonds is 3. The Labute approximate surface area is 61.1 Å². The molecule has 0 bridgehead atoms. The third kappa shape index (κ3) is 1.93. The maximum absolute atomic E-state index is 10.9. The lowest BCUT2D eigenvalue weighted by Gasteiger charge is -2.27. The number of nitrogens with one attached hydrogen (secondary N) is 2. The van der Waals surface area contributed by atoms with E-state index in [0.29, 0.717) is 0 Å². The van der Waals surface area contributed by atoms with Crippen molar-refractivity contribution in [3.05, 3.63) is 0 Å². The zero-order chi connectivity index (χ0) is 7.61. The van der Waals surface area contributed by atoms with Crippen molar-refractivity contribution in [2.24, 2.45) is 0 Å². The van der Waals surface area contributed by atoms with Crippen LogP contribution in [0.1, 0.15) is 6.92 Å². The van der Waals surface area contributed by atoms with Crippen molar-refractivity contribution in [2.75, 3.05) is 18.8 Å². The van der Waals surface area contributed by atoms with Crippen molar-refractivity contribution in [1.29, 1.82) is 0 Å². The van der Waals surface area contributed by atoms with Crippen molar-refractivity contribution < 1.29 is 8.42 Å². The largest absolute Gasteiger partial charge is 0.313 e. The summed E-state index contributed by atoms with van der Waals surface area (Å²) in [4.78, 5) is 0. The van der Waals surface area contributed by atoms with E-state index in [1.807, 2.05) is 0 Å². The smallest absolute Gasteiger partial charge is 0.211 e. The minimum absolute atomic E-state index is 0.130. The highest BCUT2D eigenvalue weighted by Gasteiger charge is 2.21. The topological polar surface area (TPSA) is 58.2 Å². The quantitative estimate of drug-likeness (QED) is 0.556. The molecule has 0 saturated carbocycles. The Balaban J connectivity index is 2.36. The van der Waals surface area contributed by atoms with Gasteiger partial charge in [0.05, 0.1) is 5.75 Å². The van der Waals surface area contributed by atoms with Crippen molar-refractivity contribution in [2.45, 2.75) is 13.0 Å². The van der Waals surface area contributed by atoms with Crippen molar-refractivity contribution >= 4 is 10.0 Å². The Morgan fingerprint density at radius 1 is 1.60 bits per heavy atom. The molecule has 60 valence electrons. The molecular formula is C5H12N2O2S. The summed E-state index contributed by atoms with van der Waals surface area (Å²) in [6.07, 6.45) is 0. The summed E-state index contributed by atoms with van der Waals surface area (Å²) in [7, 11) is -2.97. The molecule has 1 aliphatic heterocycles. The normalized spacial score (nSPS) is 20.5. The van der Waals surface area contributed by atoms with E-state index in [-0.39, 0.29) is 11.8 Å². The molecule has 1 rings (SSSR count). The van der Waals surface area contributed by atoms with Gasteiger partial charge in [-0.2, -0.15) is 0 Å². The highest BCUT2D eigenvalue weighted by molar-refractivity contribution is 7.89. The van der Waals surface area contributed by atoms with Gasteiger partial charge in [-0.15, -0.1) is 0 Å². The number of hydrogen-bond acceptors (Lipinski definition) is 3. The fraction of sp³-hybridized carbons (Fsp3) is 1.00. The van der Waals surface area contributed by atoms with Crippen molar-refractivity contribution in [3.63, 3.8) is 0 Å². The fourth-order valence-electron chi connectivity index (χ4n) is 0.709. The first kappa shape index (κ1) is 7.97.